The lowest BCUT2D eigenvalue weighted by Gasteiger charge is -2.09. The maximum absolute atomic E-state index is 12.2. The molecule has 5 nitrogen and oxygen atoms in total. The first kappa shape index (κ1) is 18.0. The summed E-state index contributed by atoms with van der Waals surface area (Å²) in [6.07, 6.45) is -4.76. The van der Waals surface area contributed by atoms with Crippen LogP contribution in [0.2, 0.25) is 0 Å². The van der Waals surface area contributed by atoms with Crippen LogP contribution in [0.3, 0.4) is 0 Å². The van der Waals surface area contributed by atoms with Crippen molar-refractivity contribution in [3.05, 3.63) is 64.8 Å². The van der Waals surface area contributed by atoms with Crippen molar-refractivity contribution in [1.82, 2.24) is 10.2 Å². The van der Waals surface area contributed by atoms with Crippen molar-refractivity contribution in [2.45, 2.75) is 6.36 Å². The van der Waals surface area contributed by atoms with Gasteiger partial charge >= 0.3 is 6.36 Å². The number of halogens is 4. The van der Waals surface area contributed by atoms with Crippen LogP contribution in [0.15, 0.2) is 59.1 Å². The monoisotopic (exact) mass is 425 g/mol. The number of H-pyrrole nitrogens is 1. The normalized spacial score (nSPS) is 11.2. The van der Waals surface area contributed by atoms with Gasteiger partial charge in [0, 0.05) is 15.7 Å². The van der Waals surface area contributed by atoms with Crippen LogP contribution in [0.5, 0.6) is 5.75 Å². The molecule has 0 aliphatic heterocycles. The van der Waals surface area contributed by atoms with Gasteiger partial charge in [0.25, 0.3) is 5.91 Å². The van der Waals surface area contributed by atoms with E-state index in [-0.39, 0.29) is 11.4 Å². The summed E-state index contributed by atoms with van der Waals surface area (Å²) < 4.78 is 41.1. The number of aromatic nitrogens is 2. The highest BCUT2D eigenvalue weighted by Crippen LogP contribution is 2.24. The van der Waals surface area contributed by atoms with Crippen LogP contribution in [-0.2, 0) is 0 Å². The quantitative estimate of drug-likeness (QED) is 0.618. The van der Waals surface area contributed by atoms with Crippen LogP contribution in [0, 0.1) is 0 Å². The van der Waals surface area contributed by atoms with Crippen LogP contribution in [0.1, 0.15) is 10.5 Å². The number of carbonyl (C=O) groups excluding carboxylic acids is 1. The predicted octanol–water partition coefficient (Wildman–Crippen LogP) is 4.99. The molecule has 134 valence electrons. The number of hydrogen-bond donors (Lipinski definition) is 2. The zero-order valence-corrected chi connectivity index (χ0v) is 14.6. The molecule has 2 aromatic carbocycles. The summed E-state index contributed by atoms with van der Waals surface area (Å²) in [5, 5.41) is 9.29. The second-order valence-corrected chi connectivity index (χ2v) is 6.12. The first-order chi connectivity index (χ1) is 12.3. The molecule has 0 aliphatic carbocycles. The molecule has 1 aromatic heterocycles. The van der Waals surface area contributed by atoms with Crippen molar-refractivity contribution >= 4 is 27.5 Å². The Morgan fingerprint density at radius 3 is 2.35 bits per heavy atom. The molecular formula is C17H11BrF3N3O2. The van der Waals surface area contributed by atoms with Crippen LogP contribution >= 0.6 is 15.9 Å². The van der Waals surface area contributed by atoms with Gasteiger partial charge in [-0.05, 0) is 42.5 Å². The zero-order chi connectivity index (χ0) is 18.7. The number of benzene rings is 2. The SMILES string of the molecule is O=C(Nc1ccc(OC(F)(F)F)cc1)c1cc(-c2ccc(Br)cc2)n[nH]1. The van der Waals surface area contributed by atoms with E-state index in [1.807, 2.05) is 24.3 Å². The fourth-order valence-electron chi connectivity index (χ4n) is 2.14. The Morgan fingerprint density at radius 1 is 1.08 bits per heavy atom. The van der Waals surface area contributed by atoms with E-state index in [0.29, 0.717) is 11.4 Å². The fourth-order valence-corrected chi connectivity index (χ4v) is 2.41. The topological polar surface area (TPSA) is 67.0 Å². The number of nitrogens with one attached hydrogen (secondary N) is 2. The van der Waals surface area contributed by atoms with Crippen LogP contribution in [0.4, 0.5) is 18.9 Å². The van der Waals surface area contributed by atoms with Gasteiger partial charge in [-0.1, -0.05) is 28.1 Å². The molecule has 2 N–H and O–H groups in total. The molecule has 3 aromatic rings. The summed E-state index contributed by atoms with van der Waals surface area (Å²) in [6.45, 7) is 0. The van der Waals surface area contributed by atoms with Crippen LogP contribution in [-0.4, -0.2) is 22.5 Å². The van der Waals surface area contributed by atoms with E-state index in [0.717, 1.165) is 22.2 Å². The third-order valence-corrected chi connectivity index (χ3v) is 3.84. The van der Waals surface area contributed by atoms with Crippen molar-refractivity contribution in [3.8, 4) is 17.0 Å². The van der Waals surface area contributed by atoms with Gasteiger partial charge in [0.05, 0.1) is 5.69 Å². The summed E-state index contributed by atoms with van der Waals surface area (Å²) in [7, 11) is 0. The standard InChI is InChI=1S/C17H11BrF3N3O2/c18-11-3-1-10(2-4-11)14-9-15(24-23-14)16(25)22-12-5-7-13(8-6-12)26-17(19,20)21/h1-9H,(H,22,25)(H,23,24). The third-order valence-electron chi connectivity index (χ3n) is 3.31. The van der Waals surface area contributed by atoms with Crippen molar-refractivity contribution in [2.75, 3.05) is 5.32 Å². The number of ether oxygens (including phenoxy) is 1. The Hall–Kier alpha value is -2.81. The Balaban J connectivity index is 1.68. The molecule has 0 atom stereocenters. The molecule has 9 heteroatoms. The van der Waals surface area contributed by atoms with Crippen molar-refractivity contribution in [3.63, 3.8) is 0 Å². The van der Waals surface area contributed by atoms with Gasteiger partial charge in [0.2, 0.25) is 0 Å². The maximum Gasteiger partial charge on any atom is 0.573 e. The molecule has 26 heavy (non-hydrogen) atoms. The van der Waals surface area contributed by atoms with Crippen molar-refractivity contribution in [2.24, 2.45) is 0 Å². The molecule has 0 radical (unpaired) electrons. The highest BCUT2D eigenvalue weighted by molar-refractivity contribution is 9.10. The zero-order valence-electron chi connectivity index (χ0n) is 13.0. The van der Waals surface area contributed by atoms with Gasteiger partial charge in [-0.3, -0.25) is 9.89 Å². The highest BCUT2D eigenvalue weighted by Gasteiger charge is 2.30. The summed E-state index contributed by atoms with van der Waals surface area (Å²) in [5.41, 5.74) is 1.97. The van der Waals surface area contributed by atoms with E-state index >= 15 is 0 Å². The Morgan fingerprint density at radius 2 is 1.73 bits per heavy atom. The van der Waals surface area contributed by atoms with E-state index in [9.17, 15) is 18.0 Å². The smallest absolute Gasteiger partial charge is 0.406 e. The fraction of sp³-hybridized carbons (Fsp3) is 0.0588. The summed E-state index contributed by atoms with van der Waals surface area (Å²) in [6, 6.07) is 13.8. The maximum atomic E-state index is 12.2. The second-order valence-electron chi connectivity index (χ2n) is 5.20. The molecule has 1 amide bonds. The van der Waals surface area contributed by atoms with Gasteiger partial charge in [0.1, 0.15) is 11.4 Å². The van der Waals surface area contributed by atoms with E-state index < -0.39 is 12.3 Å². The van der Waals surface area contributed by atoms with Gasteiger partial charge in [-0.25, -0.2) is 0 Å². The minimum atomic E-state index is -4.76. The molecule has 0 spiro atoms. The average Bonchev–Trinajstić information content (AvgIpc) is 3.06. The molecule has 0 bridgehead atoms. The van der Waals surface area contributed by atoms with E-state index in [1.54, 1.807) is 6.07 Å². The van der Waals surface area contributed by atoms with Crippen molar-refractivity contribution in [1.29, 1.82) is 0 Å². The number of aromatic amines is 1. The van der Waals surface area contributed by atoms with Gasteiger partial charge in [0.15, 0.2) is 0 Å². The Kier molecular flexibility index (Phi) is 4.99. The van der Waals surface area contributed by atoms with E-state index in [2.05, 4.69) is 36.2 Å². The molecule has 1 heterocycles. The minimum Gasteiger partial charge on any atom is -0.406 e. The number of hydrogen-bond acceptors (Lipinski definition) is 3. The molecule has 0 fully saturated rings. The average molecular weight is 426 g/mol. The summed E-state index contributed by atoms with van der Waals surface area (Å²) >= 11 is 3.34. The molecule has 3 rings (SSSR count). The summed E-state index contributed by atoms with van der Waals surface area (Å²) in [5.74, 6) is -0.833. The number of anilines is 1. The minimum absolute atomic E-state index is 0.221. The Bertz CT molecular complexity index is 906. The van der Waals surface area contributed by atoms with Gasteiger partial charge in [-0.2, -0.15) is 5.10 Å². The molecule has 0 unspecified atom stereocenters. The molecule has 0 aliphatic rings. The lowest BCUT2D eigenvalue weighted by Crippen LogP contribution is -2.17. The molecule has 0 saturated carbocycles. The number of carbonyl (C=O) groups is 1. The first-order valence-corrected chi connectivity index (χ1v) is 8.08. The molecular weight excluding hydrogens is 415 g/mol. The van der Waals surface area contributed by atoms with Crippen molar-refractivity contribution < 1.29 is 22.7 Å². The second kappa shape index (κ2) is 7.20. The number of alkyl halides is 3. The van der Waals surface area contributed by atoms with E-state index in [4.69, 9.17) is 0 Å². The van der Waals surface area contributed by atoms with Gasteiger partial charge in [-0.15, -0.1) is 13.2 Å². The highest BCUT2D eigenvalue weighted by atomic mass is 79.9. The van der Waals surface area contributed by atoms with Crippen LogP contribution < -0.4 is 10.1 Å². The predicted molar refractivity (Wildman–Crippen MR) is 92.8 cm³/mol. The Labute approximate surface area is 154 Å². The number of nitrogens with zero attached hydrogens (tertiary/aromatic N) is 1. The lowest BCUT2D eigenvalue weighted by atomic mass is 10.1. The number of amides is 1. The first-order valence-electron chi connectivity index (χ1n) is 7.29. The van der Waals surface area contributed by atoms with Crippen LogP contribution in [0.25, 0.3) is 11.3 Å². The van der Waals surface area contributed by atoms with Gasteiger partial charge < -0.3 is 10.1 Å². The largest absolute Gasteiger partial charge is 0.573 e. The number of rotatable bonds is 4. The lowest BCUT2D eigenvalue weighted by molar-refractivity contribution is -0.274. The summed E-state index contributed by atoms with van der Waals surface area (Å²) in [4.78, 5) is 12.2. The molecule has 0 saturated heterocycles. The third kappa shape index (κ3) is 4.63. The van der Waals surface area contributed by atoms with E-state index in [1.165, 1.54) is 12.1 Å².